The fraction of sp³-hybridized carbons (Fsp3) is 0.125. The lowest BCUT2D eigenvalue weighted by Crippen LogP contribution is -2.09. The number of nitrogens with zero attached hydrogens (tertiary/aromatic N) is 1. The Hall–Kier alpha value is -0.810. The number of amidine groups is 1. The summed E-state index contributed by atoms with van der Waals surface area (Å²) in [5.41, 5.74) is 6.56. The molecule has 1 aromatic carbocycles. The van der Waals surface area contributed by atoms with Gasteiger partial charge in [-0.3, -0.25) is 0 Å². The SMILES string of the molecule is N/N=C(\N)SCc1ccccc1S. The molecule has 1 aromatic rings. The summed E-state index contributed by atoms with van der Waals surface area (Å²) in [7, 11) is 0. The first-order chi connectivity index (χ1) is 6.24. The Morgan fingerprint density at radius 2 is 2.15 bits per heavy atom. The number of nitrogens with two attached hydrogens (primary N) is 2. The Labute approximate surface area is 87.0 Å². The van der Waals surface area contributed by atoms with Crippen LogP contribution in [0.3, 0.4) is 0 Å². The highest BCUT2D eigenvalue weighted by molar-refractivity contribution is 8.13. The van der Waals surface area contributed by atoms with Crippen LogP contribution in [-0.4, -0.2) is 5.17 Å². The lowest BCUT2D eigenvalue weighted by atomic mass is 10.2. The van der Waals surface area contributed by atoms with Gasteiger partial charge in [0.05, 0.1) is 0 Å². The molecule has 0 amide bonds. The van der Waals surface area contributed by atoms with Crippen LogP contribution in [0.25, 0.3) is 0 Å². The van der Waals surface area contributed by atoms with Gasteiger partial charge in [0, 0.05) is 10.6 Å². The van der Waals surface area contributed by atoms with Crippen LogP contribution < -0.4 is 11.6 Å². The van der Waals surface area contributed by atoms with Crippen LogP contribution in [0.5, 0.6) is 0 Å². The lowest BCUT2D eigenvalue weighted by molar-refractivity contribution is 1.24. The maximum Gasteiger partial charge on any atom is 0.177 e. The van der Waals surface area contributed by atoms with Gasteiger partial charge in [0.2, 0.25) is 0 Å². The third-order valence-corrected chi connectivity index (χ3v) is 2.79. The van der Waals surface area contributed by atoms with Gasteiger partial charge in [-0.25, -0.2) is 0 Å². The minimum Gasteiger partial charge on any atom is -0.377 e. The van der Waals surface area contributed by atoms with Gasteiger partial charge >= 0.3 is 0 Å². The van der Waals surface area contributed by atoms with E-state index >= 15 is 0 Å². The molecule has 0 radical (unpaired) electrons. The number of hydrazone groups is 1. The fourth-order valence-corrected chi connectivity index (χ4v) is 1.80. The summed E-state index contributed by atoms with van der Waals surface area (Å²) in [5, 5.41) is 3.75. The monoisotopic (exact) mass is 213 g/mol. The highest BCUT2D eigenvalue weighted by Crippen LogP contribution is 2.18. The lowest BCUT2D eigenvalue weighted by Gasteiger charge is -2.02. The summed E-state index contributed by atoms with van der Waals surface area (Å²) < 4.78 is 0. The molecule has 13 heavy (non-hydrogen) atoms. The standard InChI is InChI=1S/C8H11N3S2/c9-8(11-10)13-5-6-3-1-2-4-7(6)12/h1-4,12H,5,10H2,(H2,9,11). The van der Waals surface area contributed by atoms with E-state index in [4.69, 9.17) is 11.6 Å². The fourth-order valence-electron chi connectivity index (χ4n) is 0.822. The zero-order chi connectivity index (χ0) is 9.68. The van der Waals surface area contributed by atoms with E-state index in [0.29, 0.717) is 5.17 Å². The summed E-state index contributed by atoms with van der Waals surface area (Å²) in [4.78, 5) is 0.958. The van der Waals surface area contributed by atoms with Gasteiger partial charge in [-0.15, -0.1) is 12.6 Å². The molecule has 0 saturated heterocycles. The van der Waals surface area contributed by atoms with Gasteiger partial charge in [-0.2, -0.15) is 5.10 Å². The largest absolute Gasteiger partial charge is 0.377 e. The molecule has 0 bridgehead atoms. The highest BCUT2D eigenvalue weighted by atomic mass is 32.2. The molecule has 0 spiro atoms. The Morgan fingerprint density at radius 3 is 2.77 bits per heavy atom. The molecule has 0 fully saturated rings. The number of rotatable bonds is 2. The summed E-state index contributed by atoms with van der Waals surface area (Å²) >= 11 is 5.70. The van der Waals surface area contributed by atoms with Crippen LogP contribution in [0.1, 0.15) is 5.56 Å². The number of thioether (sulfide) groups is 1. The zero-order valence-electron chi connectivity index (χ0n) is 6.97. The van der Waals surface area contributed by atoms with E-state index < -0.39 is 0 Å². The summed E-state index contributed by atoms with van der Waals surface area (Å²) in [6, 6.07) is 7.84. The highest BCUT2D eigenvalue weighted by Gasteiger charge is 1.99. The Morgan fingerprint density at radius 1 is 1.46 bits per heavy atom. The molecule has 4 N–H and O–H groups in total. The normalized spacial score (nSPS) is 11.6. The molecular formula is C8H11N3S2. The van der Waals surface area contributed by atoms with Crippen molar-refractivity contribution in [2.75, 3.05) is 0 Å². The van der Waals surface area contributed by atoms with Crippen molar-refractivity contribution in [2.24, 2.45) is 16.7 Å². The first kappa shape index (κ1) is 10.3. The van der Waals surface area contributed by atoms with E-state index in [2.05, 4.69) is 17.7 Å². The molecule has 0 aromatic heterocycles. The van der Waals surface area contributed by atoms with E-state index in [1.54, 1.807) is 0 Å². The van der Waals surface area contributed by atoms with Gasteiger partial charge in [0.15, 0.2) is 5.17 Å². The number of hydrogen-bond acceptors (Lipinski definition) is 4. The molecule has 0 atom stereocenters. The molecule has 1 rings (SSSR count). The van der Waals surface area contributed by atoms with Crippen LogP contribution in [-0.2, 0) is 5.75 Å². The molecule has 0 aliphatic heterocycles. The quantitative estimate of drug-likeness (QED) is 0.229. The van der Waals surface area contributed by atoms with Crippen molar-refractivity contribution in [3.05, 3.63) is 29.8 Å². The molecular weight excluding hydrogens is 202 g/mol. The van der Waals surface area contributed by atoms with Gasteiger partial charge < -0.3 is 11.6 Å². The van der Waals surface area contributed by atoms with E-state index in [1.165, 1.54) is 11.8 Å². The predicted molar refractivity (Wildman–Crippen MR) is 60.8 cm³/mol. The van der Waals surface area contributed by atoms with Crippen LogP contribution in [0.4, 0.5) is 0 Å². The number of hydrogen-bond donors (Lipinski definition) is 3. The molecule has 3 nitrogen and oxygen atoms in total. The molecule has 5 heteroatoms. The first-order valence-electron chi connectivity index (χ1n) is 3.67. The molecule has 0 aliphatic rings. The minimum atomic E-state index is 0.386. The summed E-state index contributed by atoms with van der Waals surface area (Å²) in [6.45, 7) is 0. The third-order valence-electron chi connectivity index (χ3n) is 1.49. The van der Waals surface area contributed by atoms with Crippen molar-refractivity contribution in [3.8, 4) is 0 Å². The van der Waals surface area contributed by atoms with E-state index in [1.807, 2.05) is 24.3 Å². The molecule has 0 aliphatic carbocycles. The minimum absolute atomic E-state index is 0.386. The van der Waals surface area contributed by atoms with E-state index in [0.717, 1.165) is 16.2 Å². The van der Waals surface area contributed by atoms with Crippen molar-refractivity contribution in [3.63, 3.8) is 0 Å². The maximum atomic E-state index is 5.43. The smallest absolute Gasteiger partial charge is 0.177 e. The van der Waals surface area contributed by atoms with Gasteiger partial charge in [0.1, 0.15) is 0 Å². The van der Waals surface area contributed by atoms with Crippen molar-refractivity contribution < 1.29 is 0 Å². The Kier molecular flexibility index (Phi) is 3.98. The average Bonchev–Trinajstić information content (AvgIpc) is 2.16. The number of thiol groups is 1. The number of benzene rings is 1. The summed E-state index contributed by atoms with van der Waals surface area (Å²) in [5.74, 6) is 5.74. The predicted octanol–water partition coefficient (Wildman–Crippen LogP) is 1.40. The third kappa shape index (κ3) is 3.20. The van der Waals surface area contributed by atoms with Gasteiger partial charge in [-0.05, 0) is 11.6 Å². The second kappa shape index (κ2) is 5.04. The van der Waals surface area contributed by atoms with Crippen LogP contribution in [0, 0.1) is 0 Å². The molecule has 0 heterocycles. The molecule has 70 valence electrons. The second-order valence-electron chi connectivity index (χ2n) is 2.38. The average molecular weight is 213 g/mol. The van der Waals surface area contributed by atoms with Gasteiger partial charge in [0.25, 0.3) is 0 Å². The van der Waals surface area contributed by atoms with Crippen LogP contribution >= 0.6 is 24.4 Å². The second-order valence-corrected chi connectivity index (χ2v) is 3.86. The first-order valence-corrected chi connectivity index (χ1v) is 5.10. The van der Waals surface area contributed by atoms with Crippen molar-refractivity contribution in [1.29, 1.82) is 0 Å². The zero-order valence-corrected chi connectivity index (χ0v) is 8.68. The Balaban J connectivity index is 2.60. The topological polar surface area (TPSA) is 64.4 Å². The van der Waals surface area contributed by atoms with Crippen molar-refractivity contribution in [1.82, 2.24) is 0 Å². The molecule has 0 unspecified atom stereocenters. The van der Waals surface area contributed by atoms with Crippen molar-refractivity contribution >= 4 is 29.6 Å². The Bertz CT molecular complexity index is 312. The maximum absolute atomic E-state index is 5.43. The van der Waals surface area contributed by atoms with E-state index in [9.17, 15) is 0 Å². The van der Waals surface area contributed by atoms with E-state index in [-0.39, 0.29) is 0 Å². The van der Waals surface area contributed by atoms with Crippen LogP contribution in [0.2, 0.25) is 0 Å². The van der Waals surface area contributed by atoms with Crippen molar-refractivity contribution in [2.45, 2.75) is 10.6 Å². The summed E-state index contributed by atoms with van der Waals surface area (Å²) in [6.07, 6.45) is 0. The van der Waals surface area contributed by atoms with Crippen LogP contribution in [0.15, 0.2) is 34.3 Å². The molecule has 0 saturated carbocycles. The van der Waals surface area contributed by atoms with Gasteiger partial charge in [-0.1, -0.05) is 30.0 Å².